The Balaban J connectivity index is 2.79. The molecule has 0 aliphatic carbocycles. The maximum Gasteiger partial charge on any atom is 0.389 e. The second-order valence-corrected chi connectivity index (χ2v) is 3.87. The predicted octanol–water partition coefficient (Wildman–Crippen LogP) is 2.98. The van der Waals surface area contributed by atoms with Gasteiger partial charge in [-0.2, -0.15) is 13.2 Å². The van der Waals surface area contributed by atoms with E-state index in [-0.39, 0.29) is 6.42 Å². The standard InChI is InChI=1S/C11H14F4N2/c1-7-6-8(12)2-3-9(7)10(17-16)4-5-11(13,14)15/h2-3,6,10,17H,4-5,16H2,1H3. The van der Waals surface area contributed by atoms with Crippen LogP contribution in [-0.4, -0.2) is 6.18 Å². The lowest BCUT2D eigenvalue weighted by molar-refractivity contribution is -0.136. The van der Waals surface area contributed by atoms with Gasteiger partial charge in [0.05, 0.1) is 0 Å². The van der Waals surface area contributed by atoms with Crippen molar-refractivity contribution in [1.82, 2.24) is 5.43 Å². The maximum atomic E-state index is 12.9. The van der Waals surface area contributed by atoms with Gasteiger partial charge in [0.2, 0.25) is 0 Å². The largest absolute Gasteiger partial charge is 0.389 e. The highest BCUT2D eigenvalue weighted by molar-refractivity contribution is 5.29. The fourth-order valence-electron chi connectivity index (χ4n) is 1.67. The van der Waals surface area contributed by atoms with Crippen LogP contribution in [0.4, 0.5) is 17.6 Å². The molecule has 0 spiro atoms. The molecule has 1 rings (SSSR count). The van der Waals surface area contributed by atoms with Gasteiger partial charge < -0.3 is 0 Å². The lowest BCUT2D eigenvalue weighted by Crippen LogP contribution is -2.29. The number of hydrogen-bond donors (Lipinski definition) is 2. The number of halogens is 4. The quantitative estimate of drug-likeness (QED) is 0.490. The maximum absolute atomic E-state index is 12.9. The van der Waals surface area contributed by atoms with E-state index in [0.717, 1.165) is 0 Å². The molecule has 1 atom stereocenters. The highest BCUT2D eigenvalue weighted by Crippen LogP contribution is 2.28. The summed E-state index contributed by atoms with van der Waals surface area (Å²) in [5.41, 5.74) is 3.49. The normalized spacial score (nSPS) is 13.8. The van der Waals surface area contributed by atoms with Gasteiger partial charge in [-0.1, -0.05) is 6.07 Å². The molecule has 1 aromatic rings. The van der Waals surface area contributed by atoms with Gasteiger partial charge in [-0.25, -0.2) is 4.39 Å². The number of rotatable bonds is 4. The summed E-state index contributed by atoms with van der Waals surface area (Å²) < 4.78 is 49.2. The first-order valence-electron chi connectivity index (χ1n) is 5.12. The van der Waals surface area contributed by atoms with E-state index in [0.29, 0.717) is 11.1 Å². The van der Waals surface area contributed by atoms with Crippen molar-refractivity contribution >= 4 is 0 Å². The molecule has 0 bridgehead atoms. The summed E-state index contributed by atoms with van der Waals surface area (Å²) in [5, 5.41) is 0. The second-order valence-electron chi connectivity index (χ2n) is 3.87. The number of alkyl halides is 3. The molecule has 0 radical (unpaired) electrons. The first kappa shape index (κ1) is 13.9. The van der Waals surface area contributed by atoms with Gasteiger partial charge in [-0.05, 0) is 36.6 Å². The average molecular weight is 250 g/mol. The molecular weight excluding hydrogens is 236 g/mol. The summed E-state index contributed by atoms with van der Waals surface area (Å²) in [4.78, 5) is 0. The van der Waals surface area contributed by atoms with Crippen LogP contribution in [0.5, 0.6) is 0 Å². The number of nitrogens with two attached hydrogens (primary N) is 1. The Bertz CT molecular complexity index is 376. The number of hydrazine groups is 1. The monoisotopic (exact) mass is 250 g/mol. The molecule has 0 saturated carbocycles. The third-order valence-electron chi connectivity index (χ3n) is 2.52. The molecule has 0 aliphatic heterocycles. The first-order valence-corrected chi connectivity index (χ1v) is 5.12. The lowest BCUT2D eigenvalue weighted by atomic mass is 9.98. The van der Waals surface area contributed by atoms with Crippen LogP contribution >= 0.6 is 0 Å². The van der Waals surface area contributed by atoms with Crippen LogP contribution < -0.4 is 11.3 Å². The average Bonchev–Trinajstić information content (AvgIpc) is 2.19. The van der Waals surface area contributed by atoms with Crippen LogP contribution in [0.2, 0.25) is 0 Å². The van der Waals surface area contributed by atoms with Gasteiger partial charge in [0.1, 0.15) is 5.82 Å². The summed E-state index contributed by atoms with van der Waals surface area (Å²) in [6, 6.07) is 3.30. The zero-order valence-corrected chi connectivity index (χ0v) is 9.31. The molecule has 1 aromatic carbocycles. The molecular formula is C11H14F4N2. The van der Waals surface area contributed by atoms with Crippen LogP contribution in [0, 0.1) is 12.7 Å². The van der Waals surface area contributed by atoms with Gasteiger partial charge >= 0.3 is 6.18 Å². The van der Waals surface area contributed by atoms with E-state index in [4.69, 9.17) is 5.84 Å². The molecule has 0 aromatic heterocycles. The Morgan fingerprint density at radius 3 is 2.47 bits per heavy atom. The van der Waals surface area contributed by atoms with Crippen molar-refractivity contribution < 1.29 is 17.6 Å². The zero-order chi connectivity index (χ0) is 13.1. The van der Waals surface area contributed by atoms with Crippen molar-refractivity contribution in [3.8, 4) is 0 Å². The van der Waals surface area contributed by atoms with Crippen LogP contribution in [0.15, 0.2) is 18.2 Å². The molecule has 0 saturated heterocycles. The smallest absolute Gasteiger partial charge is 0.271 e. The number of benzene rings is 1. The van der Waals surface area contributed by atoms with Crippen LogP contribution in [0.1, 0.15) is 30.0 Å². The van der Waals surface area contributed by atoms with Gasteiger partial charge in [0, 0.05) is 12.5 Å². The van der Waals surface area contributed by atoms with Gasteiger partial charge in [0.15, 0.2) is 0 Å². The summed E-state index contributed by atoms with van der Waals surface area (Å²) >= 11 is 0. The molecule has 6 heteroatoms. The lowest BCUT2D eigenvalue weighted by Gasteiger charge is -2.19. The zero-order valence-electron chi connectivity index (χ0n) is 9.31. The molecule has 0 fully saturated rings. The molecule has 96 valence electrons. The molecule has 0 amide bonds. The Labute approximate surface area is 96.8 Å². The summed E-state index contributed by atoms with van der Waals surface area (Å²) in [6.07, 6.45) is -5.33. The fourth-order valence-corrected chi connectivity index (χ4v) is 1.67. The van der Waals surface area contributed by atoms with Crippen LogP contribution in [0.3, 0.4) is 0 Å². The number of nitrogens with one attached hydrogen (secondary N) is 1. The van der Waals surface area contributed by atoms with Crippen molar-refractivity contribution in [2.75, 3.05) is 0 Å². The predicted molar refractivity (Wildman–Crippen MR) is 56.5 cm³/mol. The third kappa shape index (κ3) is 4.32. The van der Waals surface area contributed by atoms with E-state index in [1.165, 1.54) is 18.2 Å². The molecule has 0 aliphatic rings. The minimum Gasteiger partial charge on any atom is -0.271 e. The molecule has 3 N–H and O–H groups in total. The summed E-state index contributed by atoms with van der Waals surface area (Å²) in [5.74, 6) is 4.81. The number of aryl methyl sites for hydroxylation is 1. The first-order chi connectivity index (χ1) is 7.83. The topological polar surface area (TPSA) is 38.0 Å². The van der Waals surface area contributed by atoms with Gasteiger partial charge in [-0.3, -0.25) is 11.3 Å². The minimum absolute atomic E-state index is 0.174. The van der Waals surface area contributed by atoms with Crippen molar-refractivity contribution in [3.63, 3.8) is 0 Å². The van der Waals surface area contributed by atoms with E-state index in [1.54, 1.807) is 6.92 Å². The van der Waals surface area contributed by atoms with Gasteiger partial charge in [-0.15, -0.1) is 0 Å². The third-order valence-corrected chi connectivity index (χ3v) is 2.52. The highest BCUT2D eigenvalue weighted by atomic mass is 19.4. The minimum atomic E-state index is -4.22. The fraction of sp³-hybridized carbons (Fsp3) is 0.455. The van der Waals surface area contributed by atoms with Gasteiger partial charge in [0.25, 0.3) is 0 Å². The van der Waals surface area contributed by atoms with E-state index < -0.39 is 24.5 Å². The van der Waals surface area contributed by atoms with E-state index in [9.17, 15) is 17.6 Å². The van der Waals surface area contributed by atoms with E-state index in [1.807, 2.05) is 0 Å². The molecule has 0 heterocycles. The summed E-state index contributed by atoms with van der Waals surface area (Å²) in [7, 11) is 0. The second kappa shape index (κ2) is 5.46. The molecule has 2 nitrogen and oxygen atoms in total. The van der Waals surface area contributed by atoms with Crippen LogP contribution in [-0.2, 0) is 0 Å². The Morgan fingerprint density at radius 1 is 1.35 bits per heavy atom. The Hall–Kier alpha value is -1.14. The van der Waals surface area contributed by atoms with Crippen molar-refractivity contribution in [2.45, 2.75) is 32.0 Å². The number of hydrogen-bond acceptors (Lipinski definition) is 2. The Kier molecular flexibility index (Phi) is 4.47. The Morgan fingerprint density at radius 2 is 2.00 bits per heavy atom. The molecule has 1 unspecified atom stereocenters. The van der Waals surface area contributed by atoms with Crippen molar-refractivity contribution in [2.24, 2.45) is 5.84 Å². The van der Waals surface area contributed by atoms with E-state index in [2.05, 4.69) is 5.43 Å². The van der Waals surface area contributed by atoms with Crippen LogP contribution in [0.25, 0.3) is 0 Å². The van der Waals surface area contributed by atoms with Crippen molar-refractivity contribution in [3.05, 3.63) is 35.1 Å². The SMILES string of the molecule is Cc1cc(F)ccc1C(CCC(F)(F)F)NN. The molecule has 17 heavy (non-hydrogen) atoms. The van der Waals surface area contributed by atoms with Crippen molar-refractivity contribution in [1.29, 1.82) is 0 Å². The van der Waals surface area contributed by atoms with E-state index >= 15 is 0 Å². The highest BCUT2D eigenvalue weighted by Gasteiger charge is 2.28. The summed E-state index contributed by atoms with van der Waals surface area (Å²) in [6.45, 7) is 1.64.